The van der Waals surface area contributed by atoms with E-state index in [-0.39, 0.29) is 18.3 Å². The maximum absolute atomic E-state index is 12.3. The van der Waals surface area contributed by atoms with Crippen LogP contribution in [0.15, 0.2) is 4.99 Å². The highest BCUT2D eigenvalue weighted by molar-refractivity contribution is 7.92. The molecule has 0 heterocycles. The zero-order chi connectivity index (χ0) is 22.7. The molecule has 1 atom stereocenters. The van der Waals surface area contributed by atoms with E-state index in [0.29, 0.717) is 19.0 Å². The molecule has 3 N–H and O–H groups in total. The largest absolute Gasteiger partial charge is 0.444 e. The Labute approximate surface area is 177 Å². The molecule has 172 valence electrons. The van der Waals surface area contributed by atoms with E-state index in [2.05, 4.69) is 27.9 Å². The first kappa shape index (κ1) is 27.5. The van der Waals surface area contributed by atoms with Gasteiger partial charge in [-0.15, -0.1) is 0 Å². The topological polar surface area (TPSA) is 109 Å². The number of unbranched alkanes of at least 4 members (excludes halogenated alkanes) is 1. The molecule has 0 rings (SSSR count). The molecule has 0 aliphatic rings. The highest BCUT2D eigenvalue weighted by Crippen LogP contribution is 2.15. The van der Waals surface area contributed by atoms with Gasteiger partial charge in [-0.25, -0.2) is 13.2 Å². The fourth-order valence-electron chi connectivity index (χ4n) is 2.29. The summed E-state index contributed by atoms with van der Waals surface area (Å²) in [5.41, 5.74) is -0.550. The molecule has 1 amide bonds. The quantitative estimate of drug-likeness (QED) is 0.360. The number of amides is 1. The number of ether oxygens (including phenoxy) is 1. The van der Waals surface area contributed by atoms with Gasteiger partial charge in [0.1, 0.15) is 5.60 Å². The summed E-state index contributed by atoms with van der Waals surface area (Å²) in [6.07, 6.45) is 2.41. The first-order valence-electron chi connectivity index (χ1n) is 10.5. The first-order valence-corrected chi connectivity index (χ1v) is 12.1. The van der Waals surface area contributed by atoms with Crippen molar-refractivity contribution in [2.75, 3.05) is 25.4 Å². The molecule has 29 heavy (non-hydrogen) atoms. The Morgan fingerprint density at radius 1 is 1.07 bits per heavy atom. The fourth-order valence-corrected chi connectivity index (χ4v) is 3.24. The Bertz CT molecular complexity index is 619. The molecule has 1 unspecified atom stereocenters. The second kappa shape index (κ2) is 12.2. The molecular weight excluding hydrogens is 392 g/mol. The number of rotatable bonds is 10. The number of hydrogen-bond donors (Lipinski definition) is 3. The van der Waals surface area contributed by atoms with Gasteiger partial charge >= 0.3 is 6.09 Å². The Morgan fingerprint density at radius 2 is 1.69 bits per heavy atom. The molecule has 9 heteroatoms. The minimum atomic E-state index is -3.23. The molecule has 0 saturated carbocycles. The van der Waals surface area contributed by atoms with Gasteiger partial charge in [-0.05, 0) is 54.9 Å². The number of aliphatic imine (C=N–C) groups is 1. The second-order valence-corrected chi connectivity index (χ2v) is 11.9. The van der Waals surface area contributed by atoms with Crippen molar-refractivity contribution in [3.63, 3.8) is 0 Å². The van der Waals surface area contributed by atoms with Crippen LogP contribution >= 0.6 is 0 Å². The zero-order valence-electron chi connectivity index (χ0n) is 19.5. The number of carbonyl (C=O) groups is 1. The van der Waals surface area contributed by atoms with Gasteiger partial charge < -0.3 is 20.7 Å². The highest BCUT2D eigenvalue weighted by Gasteiger charge is 2.28. The monoisotopic (exact) mass is 434 g/mol. The number of alkyl carbamates (subject to hydrolysis) is 1. The molecule has 0 saturated heterocycles. The average Bonchev–Trinajstić information content (AvgIpc) is 2.54. The SMILES string of the molecule is CCCCC(CNC(=O)OC(C)(C)C)NC(=NCCS(=O)(=O)C(C)(C)C)NCC. The molecule has 0 aromatic heterocycles. The van der Waals surface area contributed by atoms with Crippen LogP contribution in [0.2, 0.25) is 0 Å². The Hall–Kier alpha value is -1.51. The molecule has 0 aromatic carbocycles. The molecule has 0 aliphatic heterocycles. The van der Waals surface area contributed by atoms with Gasteiger partial charge in [0, 0.05) is 19.1 Å². The molecule has 0 fully saturated rings. The number of nitrogens with zero attached hydrogens (tertiary/aromatic N) is 1. The predicted molar refractivity (Wildman–Crippen MR) is 120 cm³/mol. The molecule has 0 bridgehead atoms. The smallest absolute Gasteiger partial charge is 0.407 e. The van der Waals surface area contributed by atoms with Crippen LogP contribution in [0, 0.1) is 0 Å². The normalized spacial score (nSPS) is 14.3. The summed E-state index contributed by atoms with van der Waals surface area (Å²) in [4.78, 5) is 16.4. The zero-order valence-corrected chi connectivity index (χ0v) is 20.3. The van der Waals surface area contributed by atoms with Crippen molar-refractivity contribution in [2.45, 2.75) is 91.0 Å². The van der Waals surface area contributed by atoms with Crippen LogP contribution in [0.5, 0.6) is 0 Å². The van der Waals surface area contributed by atoms with Gasteiger partial charge in [-0.1, -0.05) is 19.8 Å². The van der Waals surface area contributed by atoms with Crippen molar-refractivity contribution in [2.24, 2.45) is 4.99 Å². The third-order valence-corrected chi connectivity index (χ3v) is 6.63. The third-order valence-electron chi connectivity index (χ3n) is 4.05. The number of nitrogens with one attached hydrogen (secondary N) is 3. The third kappa shape index (κ3) is 12.6. The van der Waals surface area contributed by atoms with Crippen molar-refractivity contribution in [1.29, 1.82) is 0 Å². The van der Waals surface area contributed by atoms with Gasteiger partial charge in [0.25, 0.3) is 0 Å². The number of hydrogen-bond acceptors (Lipinski definition) is 5. The summed E-state index contributed by atoms with van der Waals surface area (Å²) in [5.74, 6) is 0.534. The van der Waals surface area contributed by atoms with E-state index >= 15 is 0 Å². The van der Waals surface area contributed by atoms with E-state index in [1.807, 2.05) is 27.7 Å². The molecular formula is C20H42N4O4S. The Kier molecular flexibility index (Phi) is 11.6. The van der Waals surface area contributed by atoms with E-state index in [0.717, 1.165) is 19.3 Å². The summed E-state index contributed by atoms with van der Waals surface area (Å²) >= 11 is 0. The van der Waals surface area contributed by atoms with Gasteiger partial charge in [0.05, 0.1) is 17.0 Å². The van der Waals surface area contributed by atoms with E-state index in [1.165, 1.54) is 0 Å². The molecule has 0 radical (unpaired) electrons. The summed E-state index contributed by atoms with van der Waals surface area (Å²) in [6.45, 7) is 15.8. The van der Waals surface area contributed by atoms with Crippen LogP contribution in [0.25, 0.3) is 0 Å². The van der Waals surface area contributed by atoms with Crippen molar-refractivity contribution in [3.8, 4) is 0 Å². The summed E-state index contributed by atoms with van der Waals surface area (Å²) in [5, 5.41) is 9.24. The lowest BCUT2D eigenvalue weighted by molar-refractivity contribution is 0.0522. The van der Waals surface area contributed by atoms with E-state index in [9.17, 15) is 13.2 Å². The van der Waals surface area contributed by atoms with Crippen LogP contribution in [0.4, 0.5) is 4.79 Å². The predicted octanol–water partition coefficient (Wildman–Crippen LogP) is 2.84. The molecule has 0 spiro atoms. The van der Waals surface area contributed by atoms with Gasteiger partial charge in [0.15, 0.2) is 15.8 Å². The van der Waals surface area contributed by atoms with Crippen molar-refractivity contribution in [1.82, 2.24) is 16.0 Å². The van der Waals surface area contributed by atoms with Crippen molar-refractivity contribution in [3.05, 3.63) is 0 Å². The van der Waals surface area contributed by atoms with E-state index < -0.39 is 26.3 Å². The van der Waals surface area contributed by atoms with Crippen molar-refractivity contribution >= 4 is 21.9 Å². The average molecular weight is 435 g/mol. The number of sulfone groups is 1. The summed E-state index contributed by atoms with van der Waals surface area (Å²) in [7, 11) is -3.23. The lowest BCUT2D eigenvalue weighted by Crippen LogP contribution is -2.49. The lowest BCUT2D eigenvalue weighted by Gasteiger charge is -2.24. The van der Waals surface area contributed by atoms with E-state index in [4.69, 9.17) is 4.74 Å². The second-order valence-electron chi connectivity index (χ2n) is 9.06. The minimum Gasteiger partial charge on any atom is -0.444 e. The van der Waals surface area contributed by atoms with Crippen LogP contribution in [0.3, 0.4) is 0 Å². The number of carbonyl (C=O) groups excluding carboxylic acids is 1. The van der Waals surface area contributed by atoms with Crippen LogP contribution in [-0.4, -0.2) is 62.2 Å². The standard InChI is InChI=1S/C20H42N4O4S/c1-9-11-12-16(15-23-18(25)28-19(3,4)5)24-17(21-10-2)22-13-14-29(26,27)20(6,7)8/h16H,9-15H2,1-8H3,(H,23,25)(H2,21,22,24). The molecule has 0 aromatic rings. The van der Waals surface area contributed by atoms with Gasteiger partial charge in [-0.3, -0.25) is 4.99 Å². The summed E-state index contributed by atoms with van der Waals surface area (Å²) < 4.78 is 29.0. The minimum absolute atomic E-state index is 0.0111. The Morgan fingerprint density at radius 3 is 2.17 bits per heavy atom. The number of guanidine groups is 1. The van der Waals surface area contributed by atoms with Gasteiger partial charge in [-0.2, -0.15) is 0 Å². The van der Waals surface area contributed by atoms with Crippen LogP contribution in [0.1, 0.15) is 74.7 Å². The summed E-state index contributed by atoms with van der Waals surface area (Å²) in [6, 6.07) is -0.0421. The highest BCUT2D eigenvalue weighted by atomic mass is 32.2. The fraction of sp³-hybridized carbons (Fsp3) is 0.900. The van der Waals surface area contributed by atoms with Crippen LogP contribution < -0.4 is 16.0 Å². The van der Waals surface area contributed by atoms with Crippen LogP contribution in [-0.2, 0) is 14.6 Å². The first-order chi connectivity index (χ1) is 13.2. The maximum Gasteiger partial charge on any atom is 0.407 e. The van der Waals surface area contributed by atoms with E-state index in [1.54, 1.807) is 20.8 Å². The maximum atomic E-state index is 12.3. The molecule has 8 nitrogen and oxygen atoms in total. The van der Waals surface area contributed by atoms with Crippen molar-refractivity contribution < 1.29 is 17.9 Å². The lowest BCUT2D eigenvalue weighted by atomic mass is 10.1. The molecule has 0 aliphatic carbocycles. The van der Waals surface area contributed by atoms with Gasteiger partial charge in [0.2, 0.25) is 0 Å². The Balaban J connectivity index is 4.99.